The molecular formula is C19H26N2O3. The Morgan fingerprint density at radius 1 is 1.33 bits per heavy atom. The van der Waals surface area contributed by atoms with Crippen molar-refractivity contribution in [2.75, 3.05) is 37.7 Å². The molecule has 1 aromatic rings. The van der Waals surface area contributed by atoms with Crippen LogP contribution in [0.25, 0.3) is 0 Å². The van der Waals surface area contributed by atoms with Gasteiger partial charge in [0.25, 0.3) is 5.91 Å². The first-order valence-electron chi connectivity index (χ1n) is 8.36. The van der Waals surface area contributed by atoms with Gasteiger partial charge in [-0.3, -0.25) is 9.59 Å². The molecule has 24 heavy (non-hydrogen) atoms. The van der Waals surface area contributed by atoms with Crippen molar-refractivity contribution in [3.63, 3.8) is 0 Å². The Kier molecular flexibility index (Phi) is 6.15. The summed E-state index contributed by atoms with van der Waals surface area (Å²) in [6.07, 6.45) is 1.32. The number of benzene rings is 1. The van der Waals surface area contributed by atoms with Gasteiger partial charge in [0.05, 0.1) is 13.2 Å². The molecule has 1 fully saturated rings. The van der Waals surface area contributed by atoms with E-state index in [2.05, 4.69) is 20.4 Å². The minimum atomic E-state index is -0.150. The second-order valence-corrected chi connectivity index (χ2v) is 6.40. The number of carbonyl (C=O) groups excluding carboxylic acids is 2. The summed E-state index contributed by atoms with van der Waals surface area (Å²) in [4.78, 5) is 28.6. The maximum Gasteiger partial charge on any atom is 0.254 e. The van der Waals surface area contributed by atoms with Gasteiger partial charge in [-0.25, -0.2) is 0 Å². The standard InChI is InChI=1S/C19H26N2O3/c1-5-18(22)21(13-14(2)3)17-8-6-7-16(15(17)4)19(23)20-9-11-24-12-10-20/h5-8,14H,1,9-13H2,2-4H3. The molecule has 1 aliphatic heterocycles. The summed E-state index contributed by atoms with van der Waals surface area (Å²) in [6, 6.07) is 5.54. The molecule has 2 rings (SSSR count). The van der Waals surface area contributed by atoms with Crippen molar-refractivity contribution >= 4 is 17.5 Å². The van der Waals surface area contributed by atoms with Crippen molar-refractivity contribution in [2.45, 2.75) is 20.8 Å². The van der Waals surface area contributed by atoms with E-state index in [1.807, 2.05) is 25.1 Å². The van der Waals surface area contributed by atoms with Crippen LogP contribution in [0.2, 0.25) is 0 Å². The molecule has 1 saturated heterocycles. The van der Waals surface area contributed by atoms with Crippen molar-refractivity contribution in [2.24, 2.45) is 5.92 Å². The van der Waals surface area contributed by atoms with Gasteiger partial charge in [-0.2, -0.15) is 0 Å². The van der Waals surface area contributed by atoms with E-state index < -0.39 is 0 Å². The van der Waals surface area contributed by atoms with E-state index in [-0.39, 0.29) is 11.8 Å². The summed E-state index contributed by atoms with van der Waals surface area (Å²) >= 11 is 0. The highest BCUT2D eigenvalue weighted by Gasteiger charge is 2.23. The van der Waals surface area contributed by atoms with Crippen LogP contribution in [-0.2, 0) is 9.53 Å². The van der Waals surface area contributed by atoms with Gasteiger partial charge >= 0.3 is 0 Å². The van der Waals surface area contributed by atoms with Gasteiger partial charge in [0, 0.05) is 30.9 Å². The van der Waals surface area contributed by atoms with Crippen LogP contribution in [0.1, 0.15) is 29.8 Å². The molecule has 5 nitrogen and oxygen atoms in total. The minimum Gasteiger partial charge on any atom is -0.378 e. The van der Waals surface area contributed by atoms with Crippen molar-refractivity contribution in [3.8, 4) is 0 Å². The highest BCUT2D eigenvalue weighted by atomic mass is 16.5. The van der Waals surface area contributed by atoms with Crippen LogP contribution in [0.5, 0.6) is 0 Å². The van der Waals surface area contributed by atoms with Crippen LogP contribution in [0.4, 0.5) is 5.69 Å². The third-order valence-corrected chi connectivity index (χ3v) is 4.11. The normalized spacial score (nSPS) is 14.6. The first-order valence-corrected chi connectivity index (χ1v) is 8.36. The number of ether oxygens (including phenoxy) is 1. The highest BCUT2D eigenvalue weighted by molar-refractivity contribution is 6.04. The first kappa shape index (κ1) is 18.2. The number of anilines is 1. The predicted molar refractivity (Wildman–Crippen MR) is 95.3 cm³/mol. The Bertz CT molecular complexity index is 619. The maximum atomic E-state index is 12.8. The van der Waals surface area contributed by atoms with Gasteiger partial charge < -0.3 is 14.5 Å². The fourth-order valence-corrected chi connectivity index (χ4v) is 2.87. The summed E-state index contributed by atoms with van der Waals surface area (Å²) in [5.41, 5.74) is 2.23. The molecule has 2 amide bonds. The Hall–Kier alpha value is -2.14. The lowest BCUT2D eigenvalue weighted by Gasteiger charge is -2.29. The zero-order valence-corrected chi connectivity index (χ0v) is 14.7. The van der Waals surface area contributed by atoms with Crippen LogP contribution in [-0.4, -0.2) is 49.6 Å². The Morgan fingerprint density at radius 3 is 2.58 bits per heavy atom. The predicted octanol–water partition coefficient (Wildman–Crippen LogP) is 2.64. The largest absolute Gasteiger partial charge is 0.378 e. The molecule has 0 saturated carbocycles. The fourth-order valence-electron chi connectivity index (χ4n) is 2.87. The monoisotopic (exact) mass is 330 g/mol. The first-order chi connectivity index (χ1) is 11.5. The molecule has 0 atom stereocenters. The smallest absolute Gasteiger partial charge is 0.254 e. The molecule has 0 bridgehead atoms. The van der Waals surface area contributed by atoms with Crippen LogP contribution < -0.4 is 4.90 Å². The lowest BCUT2D eigenvalue weighted by molar-refractivity contribution is -0.114. The van der Waals surface area contributed by atoms with E-state index in [0.29, 0.717) is 44.3 Å². The fraction of sp³-hybridized carbons (Fsp3) is 0.474. The Labute approximate surface area is 143 Å². The molecule has 0 aromatic heterocycles. The SMILES string of the molecule is C=CC(=O)N(CC(C)C)c1cccc(C(=O)N2CCOCC2)c1C. The number of rotatable bonds is 5. The van der Waals surface area contributed by atoms with Crippen molar-refractivity contribution in [1.82, 2.24) is 4.90 Å². The van der Waals surface area contributed by atoms with Crippen molar-refractivity contribution in [3.05, 3.63) is 42.0 Å². The van der Waals surface area contributed by atoms with Crippen LogP contribution in [0.3, 0.4) is 0 Å². The van der Waals surface area contributed by atoms with E-state index in [4.69, 9.17) is 4.74 Å². The van der Waals surface area contributed by atoms with Crippen LogP contribution in [0, 0.1) is 12.8 Å². The second-order valence-electron chi connectivity index (χ2n) is 6.40. The summed E-state index contributed by atoms with van der Waals surface area (Å²) in [6.45, 7) is 12.5. The molecule has 0 radical (unpaired) electrons. The second kappa shape index (κ2) is 8.11. The molecule has 0 spiro atoms. The van der Waals surface area contributed by atoms with Crippen molar-refractivity contribution in [1.29, 1.82) is 0 Å². The molecule has 1 heterocycles. The molecule has 1 aliphatic rings. The Morgan fingerprint density at radius 2 is 2.00 bits per heavy atom. The molecule has 130 valence electrons. The zero-order valence-electron chi connectivity index (χ0n) is 14.7. The summed E-state index contributed by atoms with van der Waals surface area (Å²) in [5, 5.41) is 0. The zero-order chi connectivity index (χ0) is 17.7. The van der Waals surface area contributed by atoms with E-state index >= 15 is 0 Å². The van der Waals surface area contributed by atoms with Gasteiger partial charge in [0.2, 0.25) is 5.91 Å². The van der Waals surface area contributed by atoms with Gasteiger partial charge in [-0.15, -0.1) is 0 Å². The number of nitrogens with zero attached hydrogens (tertiary/aromatic N) is 2. The third kappa shape index (κ3) is 4.03. The molecule has 5 heteroatoms. The molecule has 0 N–H and O–H groups in total. The van der Waals surface area contributed by atoms with Crippen LogP contribution >= 0.6 is 0 Å². The van der Waals surface area contributed by atoms with Crippen LogP contribution in [0.15, 0.2) is 30.9 Å². The van der Waals surface area contributed by atoms with Gasteiger partial charge in [-0.05, 0) is 36.6 Å². The van der Waals surface area contributed by atoms with E-state index in [1.54, 1.807) is 9.80 Å². The summed E-state index contributed by atoms with van der Waals surface area (Å²) < 4.78 is 5.31. The van der Waals surface area contributed by atoms with E-state index in [1.165, 1.54) is 6.08 Å². The molecular weight excluding hydrogens is 304 g/mol. The average molecular weight is 330 g/mol. The lowest BCUT2D eigenvalue weighted by Crippen LogP contribution is -2.41. The molecule has 0 aliphatic carbocycles. The summed E-state index contributed by atoms with van der Waals surface area (Å²) in [7, 11) is 0. The topological polar surface area (TPSA) is 49.9 Å². The van der Waals surface area contributed by atoms with E-state index in [9.17, 15) is 9.59 Å². The number of carbonyl (C=O) groups is 2. The van der Waals surface area contributed by atoms with Gasteiger partial charge in [0.1, 0.15) is 0 Å². The van der Waals surface area contributed by atoms with Crippen molar-refractivity contribution < 1.29 is 14.3 Å². The number of amides is 2. The summed E-state index contributed by atoms with van der Waals surface area (Å²) in [5.74, 6) is 0.155. The number of hydrogen-bond donors (Lipinski definition) is 0. The average Bonchev–Trinajstić information content (AvgIpc) is 2.59. The quantitative estimate of drug-likeness (QED) is 0.780. The highest BCUT2D eigenvalue weighted by Crippen LogP contribution is 2.26. The Balaban J connectivity index is 2.36. The van der Waals surface area contributed by atoms with Gasteiger partial charge in [-0.1, -0.05) is 26.5 Å². The maximum absolute atomic E-state index is 12.8. The molecule has 0 unspecified atom stereocenters. The molecule has 1 aromatic carbocycles. The third-order valence-electron chi connectivity index (χ3n) is 4.11. The van der Waals surface area contributed by atoms with Gasteiger partial charge in [0.15, 0.2) is 0 Å². The van der Waals surface area contributed by atoms with E-state index in [0.717, 1.165) is 11.3 Å². The number of morpholine rings is 1. The lowest BCUT2D eigenvalue weighted by atomic mass is 10.0. The minimum absolute atomic E-state index is 0.00630. The number of hydrogen-bond acceptors (Lipinski definition) is 3.